The van der Waals surface area contributed by atoms with E-state index in [1.54, 1.807) is 26.0 Å². The van der Waals surface area contributed by atoms with Crippen molar-refractivity contribution in [3.63, 3.8) is 0 Å². The van der Waals surface area contributed by atoms with E-state index in [-0.39, 0.29) is 5.69 Å². The first-order valence-electron chi connectivity index (χ1n) is 7.32. The van der Waals surface area contributed by atoms with Crippen LogP contribution in [-0.2, 0) is 13.6 Å². The average Bonchev–Trinajstić information content (AvgIpc) is 3.00. The van der Waals surface area contributed by atoms with Crippen molar-refractivity contribution in [2.24, 2.45) is 24.8 Å². The molecule has 0 saturated heterocycles. The molecule has 2 aliphatic carbocycles. The first-order chi connectivity index (χ1) is 9.47. The fourth-order valence-electron chi connectivity index (χ4n) is 3.96. The summed E-state index contributed by atoms with van der Waals surface area (Å²) in [7, 11) is 5.23. The molecule has 2 fully saturated rings. The van der Waals surface area contributed by atoms with Crippen molar-refractivity contribution >= 4 is 5.95 Å². The Hall–Kier alpha value is -1.59. The number of fused-ring (bicyclic) bond motifs is 2. The van der Waals surface area contributed by atoms with Gasteiger partial charge in [-0.15, -0.1) is 0 Å². The summed E-state index contributed by atoms with van der Waals surface area (Å²) in [5.41, 5.74) is -0.670. The second-order valence-corrected chi connectivity index (χ2v) is 6.48. The van der Waals surface area contributed by atoms with Gasteiger partial charge in [0.25, 0.3) is 0 Å². The third-order valence-corrected chi connectivity index (χ3v) is 4.95. The van der Waals surface area contributed by atoms with E-state index in [1.807, 2.05) is 0 Å². The van der Waals surface area contributed by atoms with Crippen molar-refractivity contribution < 1.29 is 0 Å². The van der Waals surface area contributed by atoms with E-state index in [0.29, 0.717) is 24.3 Å². The van der Waals surface area contributed by atoms with Crippen LogP contribution in [-0.4, -0.2) is 28.2 Å². The Morgan fingerprint density at radius 2 is 2.00 bits per heavy atom. The van der Waals surface area contributed by atoms with Crippen LogP contribution in [0, 0.1) is 17.8 Å². The van der Waals surface area contributed by atoms with Crippen LogP contribution in [0.3, 0.4) is 0 Å². The summed E-state index contributed by atoms with van der Waals surface area (Å²) in [5, 5.41) is 0. The predicted octanol–water partition coefficient (Wildman–Crippen LogP) is 0.444. The summed E-state index contributed by atoms with van der Waals surface area (Å²) in [6.45, 7) is 0.535. The lowest BCUT2D eigenvalue weighted by Gasteiger charge is -2.22. The minimum absolute atomic E-state index is 0.253. The molecule has 20 heavy (non-hydrogen) atoms. The van der Waals surface area contributed by atoms with Gasteiger partial charge in [-0.05, 0) is 37.0 Å². The molecule has 0 amide bonds. The Balaban J connectivity index is 1.93. The smallest absolute Gasteiger partial charge is 0.348 e. The van der Waals surface area contributed by atoms with E-state index >= 15 is 0 Å². The fourth-order valence-corrected chi connectivity index (χ4v) is 3.96. The lowest BCUT2D eigenvalue weighted by Crippen LogP contribution is -2.44. The van der Waals surface area contributed by atoms with Crippen LogP contribution < -0.4 is 16.3 Å². The van der Waals surface area contributed by atoms with Crippen LogP contribution in [0.25, 0.3) is 0 Å². The van der Waals surface area contributed by atoms with Gasteiger partial charge in [0.2, 0.25) is 5.95 Å². The monoisotopic (exact) mass is 278 g/mol. The Labute approximate surface area is 118 Å². The minimum Gasteiger partial charge on any atom is -0.348 e. The lowest BCUT2D eigenvalue weighted by atomic mass is 9.89. The van der Waals surface area contributed by atoms with Gasteiger partial charge in [0.1, 0.15) is 0 Å². The average molecular weight is 278 g/mol. The van der Waals surface area contributed by atoms with Gasteiger partial charge in [0.15, 0.2) is 0 Å². The Kier molecular flexibility index (Phi) is 3.18. The maximum absolute atomic E-state index is 12.4. The molecule has 3 atom stereocenters. The molecule has 0 N–H and O–H groups in total. The molecule has 2 aliphatic rings. The molecular formula is C14H22N4O2. The highest BCUT2D eigenvalue weighted by Crippen LogP contribution is 2.48. The Morgan fingerprint density at radius 1 is 1.25 bits per heavy atom. The van der Waals surface area contributed by atoms with Crippen LogP contribution in [0.2, 0.25) is 0 Å². The molecule has 0 unspecified atom stereocenters. The molecule has 0 spiro atoms. The predicted molar refractivity (Wildman–Crippen MR) is 77.0 cm³/mol. The molecule has 3 rings (SSSR count). The summed E-state index contributed by atoms with van der Waals surface area (Å²) in [5.74, 6) is 2.40. The molecule has 1 aromatic heterocycles. The number of hydrogen-bond acceptors (Lipinski definition) is 4. The van der Waals surface area contributed by atoms with Crippen LogP contribution in [0.4, 0.5) is 5.95 Å². The zero-order chi connectivity index (χ0) is 14.4. The van der Waals surface area contributed by atoms with Gasteiger partial charge >= 0.3 is 11.4 Å². The first kappa shape index (κ1) is 13.4. The molecule has 6 heteroatoms. The van der Waals surface area contributed by atoms with Crippen LogP contribution in [0.5, 0.6) is 0 Å². The van der Waals surface area contributed by atoms with Crippen molar-refractivity contribution in [2.45, 2.75) is 32.2 Å². The summed E-state index contributed by atoms with van der Waals surface area (Å²) >= 11 is 0. The standard InChI is InChI=1S/C14H22N4O2/c1-16(2)12-15-13(19)18(14(20)17(12)3)8-11-7-9-4-5-10(11)6-9/h9-11H,4-8H2,1-3H3/t9-,10-,11-/m0/s1. The lowest BCUT2D eigenvalue weighted by molar-refractivity contribution is 0.285. The van der Waals surface area contributed by atoms with Gasteiger partial charge in [-0.25, -0.2) is 14.2 Å². The molecule has 2 bridgehead atoms. The summed E-state index contributed by atoms with van der Waals surface area (Å²) < 4.78 is 2.77. The molecule has 110 valence electrons. The molecule has 1 aromatic rings. The van der Waals surface area contributed by atoms with Crippen molar-refractivity contribution in [3.05, 3.63) is 21.0 Å². The maximum atomic E-state index is 12.4. The number of rotatable bonds is 3. The SMILES string of the molecule is CN(C)c1nc(=O)n(C[C@@H]2C[C@H]3CC[C@H]2C3)c(=O)n1C. The number of hydrogen-bond donors (Lipinski definition) is 0. The van der Waals surface area contributed by atoms with E-state index < -0.39 is 5.69 Å². The number of nitrogens with zero attached hydrogens (tertiary/aromatic N) is 4. The van der Waals surface area contributed by atoms with Crippen molar-refractivity contribution in [3.8, 4) is 0 Å². The molecule has 0 aliphatic heterocycles. The maximum Gasteiger partial charge on any atom is 0.354 e. The van der Waals surface area contributed by atoms with E-state index in [1.165, 1.54) is 28.4 Å². The molecule has 6 nitrogen and oxygen atoms in total. The van der Waals surface area contributed by atoms with Gasteiger partial charge in [0, 0.05) is 27.7 Å². The zero-order valence-corrected chi connectivity index (χ0v) is 12.4. The summed E-state index contributed by atoms with van der Waals surface area (Å²) in [6, 6.07) is 0. The summed E-state index contributed by atoms with van der Waals surface area (Å²) in [4.78, 5) is 30.2. The van der Waals surface area contributed by atoms with Crippen LogP contribution in [0.1, 0.15) is 25.7 Å². The zero-order valence-electron chi connectivity index (χ0n) is 12.4. The van der Waals surface area contributed by atoms with E-state index in [4.69, 9.17) is 0 Å². The first-order valence-corrected chi connectivity index (χ1v) is 7.32. The van der Waals surface area contributed by atoms with Crippen LogP contribution in [0.15, 0.2) is 9.59 Å². The molecule has 1 heterocycles. The van der Waals surface area contributed by atoms with Gasteiger partial charge in [-0.2, -0.15) is 4.98 Å². The van der Waals surface area contributed by atoms with Gasteiger partial charge in [-0.1, -0.05) is 6.42 Å². The molecule has 2 saturated carbocycles. The second kappa shape index (κ2) is 4.75. The van der Waals surface area contributed by atoms with Crippen LogP contribution >= 0.6 is 0 Å². The highest BCUT2D eigenvalue weighted by molar-refractivity contribution is 5.25. The summed E-state index contributed by atoms with van der Waals surface area (Å²) in [6.07, 6.45) is 5.03. The Morgan fingerprint density at radius 3 is 2.55 bits per heavy atom. The number of aromatic nitrogens is 3. The van der Waals surface area contributed by atoms with Gasteiger partial charge in [-0.3, -0.25) is 4.57 Å². The molecular weight excluding hydrogens is 256 g/mol. The molecule has 0 radical (unpaired) electrons. The largest absolute Gasteiger partial charge is 0.354 e. The molecule has 0 aromatic carbocycles. The third-order valence-electron chi connectivity index (χ3n) is 4.95. The highest BCUT2D eigenvalue weighted by atomic mass is 16.2. The Bertz CT molecular complexity index is 631. The van der Waals surface area contributed by atoms with Crippen molar-refractivity contribution in [1.82, 2.24) is 14.1 Å². The number of anilines is 1. The van der Waals surface area contributed by atoms with E-state index in [2.05, 4.69) is 4.98 Å². The van der Waals surface area contributed by atoms with E-state index in [0.717, 1.165) is 12.3 Å². The normalized spacial score (nSPS) is 28.1. The second-order valence-electron chi connectivity index (χ2n) is 6.48. The van der Waals surface area contributed by atoms with Gasteiger partial charge in [0.05, 0.1) is 0 Å². The third kappa shape index (κ3) is 2.07. The minimum atomic E-state index is -0.417. The van der Waals surface area contributed by atoms with E-state index in [9.17, 15) is 9.59 Å². The van der Waals surface area contributed by atoms with Crippen molar-refractivity contribution in [1.29, 1.82) is 0 Å². The van der Waals surface area contributed by atoms with Crippen molar-refractivity contribution in [2.75, 3.05) is 19.0 Å². The highest BCUT2D eigenvalue weighted by Gasteiger charge is 2.39. The van der Waals surface area contributed by atoms with Gasteiger partial charge < -0.3 is 4.90 Å². The topological polar surface area (TPSA) is 60.1 Å². The fraction of sp³-hybridized carbons (Fsp3) is 0.786. The quantitative estimate of drug-likeness (QED) is 0.805.